The zero-order valence-corrected chi connectivity index (χ0v) is 18.7. The number of hydrogen-bond donors (Lipinski definition) is 0. The van der Waals surface area contributed by atoms with Crippen molar-refractivity contribution >= 4 is 21.8 Å². The standard InChI is InChI=1S/C22H42BrNO/c1-4-5-6-15-18-22(25)24(21(2)3)20-17-14-12-10-8-7-9-11-13-16-19-23/h8,10,21H,4-7,9,11-20H2,1-3H3. The van der Waals surface area contributed by atoms with E-state index in [9.17, 15) is 4.79 Å². The molecule has 0 N–H and O–H groups in total. The quantitative estimate of drug-likeness (QED) is 0.139. The number of halogens is 1. The van der Waals surface area contributed by atoms with E-state index in [1.165, 1.54) is 57.8 Å². The molecule has 2 nitrogen and oxygen atoms in total. The van der Waals surface area contributed by atoms with Crippen LogP contribution >= 0.6 is 15.9 Å². The van der Waals surface area contributed by atoms with Crippen molar-refractivity contribution in [3.8, 4) is 0 Å². The van der Waals surface area contributed by atoms with Gasteiger partial charge in [-0.25, -0.2) is 0 Å². The highest BCUT2D eigenvalue weighted by molar-refractivity contribution is 9.09. The van der Waals surface area contributed by atoms with E-state index in [1.807, 2.05) is 0 Å². The molecule has 0 aliphatic carbocycles. The first kappa shape index (κ1) is 24.7. The fourth-order valence-corrected chi connectivity index (χ4v) is 3.40. The topological polar surface area (TPSA) is 20.3 Å². The number of allylic oxidation sites excluding steroid dienone is 2. The molecule has 0 bridgehead atoms. The Bertz CT molecular complexity index is 328. The Morgan fingerprint density at radius 2 is 1.48 bits per heavy atom. The summed E-state index contributed by atoms with van der Waals surface area (Å²) < 4.78 is 0. The number of nitrogens with zero attached hydrogens (tertiary/aromatic N) is 1. The lowest BCUT2D eigenvalue weighted by molar-refractivity contribution is -0.133. The first-order chi connectivity index (χ1) is 12.1. The van der Waals surface area contributed by atoms with Crippen molar-refractivity contribution in [3.63, 3.8) is 0 Å². The number of carbonyl (C=O) groups excluding carboxylic acids is 1. The molecule has 0 spiro atoms. The molecular weight excluding hydrogens is 374 g/mol. The van der Waals surface area contributed by atoms with Crippen molar-refractivity contribution in [2.45, 2.75) is 110 Å². The van der Waals surface area contributed by atoms with Gasteiger partial charge in [0.25, 0.3) is 0 Å². The van der Waals surface area contributed by atoms with Crippen LogP contribution < -0.4 is 0 Å². The zero-order valence-electron chi connectivity index (χ0n) is 17.1. The minimum absolute atomic E-state index is 0.328. The van der Waals surface area contributed by atoms with Gasteiger partial charge < -0.3 is 4.90 Å². The van der Waals surface area contributed by atoms with Crippen LogP contribution in [0, 0.1) is 0 Å². The molecular formula is C22H42BrNO. The molecule has 0 aromatic heterocycles. The normalized spacial score (nSPS) is 11.6. The highest BCUT2D eigenvalue weighted by atomic mass is 79.9. The third-order valence-corrected chi connectivity index (χ3v) is 5.19. The number of hydrogen-bond acceptors (Lipinski definition) is 1. The van der Waals surface area contributed by atoms with E-state index in [2.05, 4.69) is 53.8 Å². The lowest BCUT2D eigenvalue weighted by Gasteiger charge is -2.27. The molecule has 0 fully saturated rings. The average molecular weight is 416 g/mol. The number of carbonyl (C=O) groups is 1. The van der Waals surface area contributed by atoms with Crippen LogP contribution in [0.25, 0.3) is 0 Å². The predicted octanol–water partition coefficient (Wildman–Crippen LogP) is 7.27. The van der Waals surface area contributed by atoms with E-state index >= 15 is 0 Å². The molecule has 0 heterocycles. The molecule has 0 aliphatic rings. The summed E-state index contributed by atoms with van der Waals surface area (Å²) in [4.78, 5) is 14.5. The van der Waals surface area contributed by atoms with Gasteiger partial charge in [-0.1, -0.05) is 67.1 Å². The number of rotatable bonds is 17. The van der Waals surface area contributed by atoms with E-state index < -0.39 is 0 Å². The van der Waals surface area contributed by atoms with Crippen molar-refractivity contribution in [1.82, 2.24) is 4.90 Å². The van der Waals surface area contributed by atoms with Gasteiger partial charge in [0, 0.05) is 24.3 Å². The average Bonchev–Trinajstić information content (AvgIpc) is 2.59. The van der Waals surface area contributed by atoms with Crippen LogP contribution in [0.1, 0.15) is 104 Å². The first-order valence-corrected chi connectivity index (χ1v) is 11.8. The van der Waals surface area contributed by atoms with Gasteiger partial charge in [-0.2, -0.15) is 0 Å². The molecule has 0 aliphatic heterocycles. The van der Waals surface area contributed by atoms with Gasteiger partial charge >= 0.3 is 0 Å². The summed E-state index contributed by atoms with van der Waals surface area (Å²) in [6, 6.07) is 0.328. The molecule has 25 heavy (non-hydrogen) atoms. The van der Waals surface area contributed by atoms with Crippen molar-refractivity contribution in [1.29, 1.82) is 0 Å². The van der Waals surface area contributed by atoms with Gasteiger partial charge in [0.2, 0.25) is 5.91 Å². The molecule has 0 atom stereocenters. The Morgan fingerprint density at radius 3 is 2.08 bits per heavy atom. The molecule has 3 heteroatoms. The van der Waals surface area contributed by atoms with Crippen LogP contribution in [-0.2, 0) is 4.79 Å². The largest absolute Gasteiger partial charge is 0.340 e. The highest BCUT2D eigenvalue weighted by Gasteiger charge is 2.15. The second-order valence-corrected chi connectivity index (χ2v) is 8.14. The van der Waals surface area contributed by atoms with Crippen molar-refractivity contribution in [2.75, 3.05) is 11.9 Å². The van der Waals surface area contributed by atoms with E-state index in [1.54, 1.807) is 0 Å². The molecule has 0 aromatic carbocycles. The molecule has 0 unspecified atom stereocenters. The van der Waals surface area contributed by atoms with Crippen LogP contribution in [0.15, 0.2) is 12.2 Å². The molecule has 0 radical (unpaired) electrons. The van der Waals surface area contributed by atoms with Crippen LogP contribution in [-0.4, -0.2) is 28.7 Å². The van der Waals surface area contributed by atoms with Crippen molar-refractivity contribution in [3.05, 3.63) is 12.2 Å². The summed E-state index contributed by atoms with van der Waals surface area (Å²) in [5.41, 5.74) is 0. The molecule has 0 rings (SSSR count). The van der Waals surface area contributed by atoms with Crippen molar-refractivity contribution in [2.24, 2.45) is 0 Å². The highest BCUT2D eigenvalue weighted by Crippen LogP contribution is 2.11. The second-order valence-electron chi connectivity index (χ2n) is 7.35. The van der Waals surface area contributed by atoms with Gasteiger partial charge in [0.05, 0.1) is 0 Å². The first-order valence-electron chi connectivity index (χ1n) is 10.6. The predicted molar refractivity (Wildman–Crippen MR) is 115 cm³/mol. The lowest BCUT2D eigenvalue weighted by Crippen LogP contribution is -2.37. The molecule has 0 saturated carbocycles. The van der Waals surface area contributed by atoms with Gasteiger partial charge in [0.15, 0.2) is 0 Å². The lowest BCUT2D eigenvalue weighted by atomic mass is 10.1. The molecule has 148 valence electrons. The molecule has 1 amide bonds. The maximum atomic E-state index is 12.4. The maximum Gasteiger partial charge on any atom is 0.222 e. The van der Waals surface area contributed by atoms with Crippen LogP contribution in [0.2, 0.25) is 0 Å². The SMILES string of the molecule is CCCCCCC(=O)N(CCCCC=CCCCCCCBr)C(C)C. The van der Waals surface area contributed by atoms with Gasteiger partial charge in [-0.15, -0.1) is 0 Å². The summed E-state index contributed by atoms with van der Waals surface area (Å²) in [6.07, 6.45) is 20.1. The van der Waals surface area contributed by atoms with E-state index in [0.717, 1.165) is 37.6 Å². The van der Waals surface area contributed by atoms with Crippen LogP contribution in [0.3, 0.4) is 0 Å². The number of unbranched alkanes of at least 4 members (excludes halogenated alkanes) is 9. The Balaban J connectivity index is 3.73. The molecule has 0 saturated heterocycles. The summed E-state index contributed by atoms with van der Waals surface area (Å²) in [7, 11) is 0. The fourth-order valence-electron chi connectivity index (χ4n) is 3.01. The minimum Gasteiger partial charge on any atom is -0.340 e. The van der Waals surface area contributed by atoms with Crippen LogP contribution in [0.4, 0.5) is 0 Å². The van der Waals surface area contributed by atoms with Gasteiger partial charge in [0.1, 0.15) is 0 Å². The zero-order chi connectivity index (χ0) is 18.8. The number of amides is 1. The summed E-state index contributed by atoms with van der Waals surface area (Å²) in [6.45, 7) is 7.41. The summed E-state index contributed by atoms with van der Waals surface area (Å²) in [5, 5.41) is 1.14. The Kier molecular flexibility index (Phi) is 18.3. The van der Waals surface area contributed by atoms with E-state index in [0.29, 0.717) is 11.9 Å². The maximum absolute atomic E-state index is 12.4. The summed E-state index contributed by atoms with van der Waals surface area (Å²) >= 11 is 3.48. The Hall–Kier alpha value is -0.310. The minimum atomic E-state index is 0.328. The second kappa shape index (κ2) is 18.5. The monoisotopic (exact) mass is 415 g/mol. The Labute approximate surface area is 166 Å². The third-order valence-electron chi connectivity index (χ3n) is 4.63. The van der Waals surface area contributed by atoms with Crippen LogP contribution in [0.5, 0.6) is 0 Å². The third kappa shape index (κ3) is 15.6. The summed E-state index contributed by atoms with van der Waals surface area (Å²) in [5.74, 6) is 0.352. The number of alkyl halides is 1. The molecule has 0 aromatic rings. The van der Waals surface area contributed by atoms with E-state index in [-0.39, 0.29) is 0 Å². The smallest absolute Gasteiger partial charge is 0.222 e. The van der Waals surface area contributed by atoms with E-state index in [4.69, 9.17) is 0 Å². The van der Waals surface area contributed by atoms with Crippen molar-refractivity contribution < 1.29 is 4.79 Å². The fraction of sp³-hybridized carbons (Fsp3) is 0.864. The van der Waals surface area contributed by atoms with Gasteiger partial charge in [-0.3, -0.25) is 4.79 Å². The Morgan fingerprint density at radius 1 is 0.880 bits per heavy atom. The van der Waals surface area contributed by atoms with Gasteiger partial charge in [-0.05, 0) is 58.8 Å².